The van der Waals surface area contributed by atoms with Crippen molar-refractivity contribution in [1.82, 2.24) is 10.1 Å². The van der Waals surface area contributed by atoms with Gasteiger partial charge < -0.3 is 28.4 Å². The Kier molecular flexibility index (Phi) is 17.9. The molecule has 0 radical (unpaired) electrons. The first-order valence-electron chi connectivity index (χ1n) is 23.5. The first-order chi connectivity index (χ1) is 27.3. The maximum absolute atomic E-state index is 13.1. The molecule has 58 heavy (non-hydrogen) atoms. The summed E-state index contributed by atoms with van der Waals surface area (Å²) in [5.74, 6) is -1.45. The van der Waals surface area contributed by atoms with Gasteiger partial charge in [-0.25, -0.2) is 4.79 Å². The van der Waals surface area contributed by atoms with Gasteiger partial charge in [-0.3, -0.25) is 9.68 Å². The lowest BCUT2D eigenvalue weighted by Crippen LogP contribution is -2.68. The van der Waals surface area contributed by atoms with E-state index in [2.05, 4.69) is 93.2 Å². The van der Waals surface area contributed by atoms with E-state index in [9.17, 15) is 4.79 Å². The van der Waals surface area contributed by atoms with Crippen molar-refractivity contribution in [3.63, 3.8) is 0 Å². The first kappa shape index (κ1) is 49.6. The average molecular weight is 825 g/mol. The fourth-order valence-corrected chi connectivity index (χ4v) is 10.4. The topological polar surface area (TPSA) is 97.4 Å². The highest BCUT2D eigenvalue weighted by atomic mass is 16.7. The fraction of sp³-hybridized carbons (Fsp3) is 0.979. The zero-order chi connectivity index (χ0) is 42.8. The van der Waals surface area contributed by atoms with Crippen LogP contribution in [0.25, 0.3) is 0 Å². The predicted molar refractivity (Wildman–Crippen MR) is 229 cm³/mol. The fourth-order valence-electron chi connectivity index (χ4n) is 10.4. The molecule has 4 aliphatic rings. The first-order valence-corrected chi connectivity index (χ1v) is 23.5. The quantitative estimate of drug-likeness (QED) is 0.0771. The highest BCUT2D eigenvalue weighted by molar-refractivity contribution is 5.60. The van der Waals surface area contributed by atoms with Gasteiger partial charge in [-0.2, -0.15) is 10.1 Å². The van der Waals surface area contributed by atoms with E-state index >= 15 is 0 Å². The van der Waals surface area contributed by atoms with Crippen LogP contribution in [-0.4, -0.2) is 103 Å². The van der Waals surface area contributed by atoms with Crippen molar-refractivity contribution >= 4 is 6.16 Å². The van der Waals surface area contributed by atoms with Crippen molar-refractivity contribution in [2.45, 2.75) is 232 Å². The second-order valence-corrected chi connectivity index (χ2v) is 21.3. The minimum absolute atomic E-state index is 0.162. The van der Waals surface area contributed by atoms with Crippen LogP contribution >= 0.6 is 0 Å². The van der Waals surface area contributed by atoms with Gasteiger partial charge in [-0.15, -0.1) is 0 Å². The Bertz CT molecular complexity index is 1100. The molecule has 340 valence electrons. The lowest BCUT2D eigenvalue weighted by Gasteiger charge is -2.59. The van der Waals surface area contributed by atoms with E-state index < -0.39 is 28.6 Å². The minimum atomic E-state index is -0.723. The van der Waals surface area contributed by atoms with E-state index in [0.29, 0.717) is 52.1 Å². The summed E-state index contributed by atoms with van der Waals surface area (Å²) in [5.41, 5.74) is -2.07. The number of piperidine rings is 2. The summed E-state index contributed by atoms with van der Waals surface area (Å²) < 4.78 is 38.4. The Balaban J connectivity index is 1.23. The number of nitrogens with zero attached hydrogens (tertiary/aromatic N) is 2. The average Bonchev–Trinajstić information content (AvgIpc) is 3.15. The molecule has 4 aliphatic heterocycles. The van der Waals surface area contributed by atoms with E-state index in [1.54, 1.807) is 0 Å². The lowest BCUT2D eigenvalue weighted by atomic mass is 9.76. The van der Waals surface area contributed by atoms with Crippen LogP contribution in [0, 0.1) is 10.8 Å². The van der Waals surface area contributed by atoms with Crippen LogP contribution < -0.4 is 0 Å². The number of unbranched alkanes of at least 4 members (excludes halogenated alkanes) is 10. The Morgan fingerprint density at radius 2 is 0.759 bits per heavy atom. The molecule has 0 atom stereocenters. The number of carbonyl (C=O) groups excluding carboxylic acids is 1. The molecule has 4 rings (SSSR count). The normalized spacial score (nSPS) is 25.4. The van der Waals surface area contributed by atoms with Gasteiger partial charge >= 0.3 is 6.16 Å². The van der Waals surface area contributed by atoms with Crippen LogP contribution in [0.15, 0.2) is 0 Å². The molecule has 0 unspecified atom stereocenters. The Morgan fingerprint density at radius 3 is 1.05 bits per heavy atom. The smallest absolute Gasteiger partial charge is 0.434 e. The maximum Gasteiger partial charge on any atom is 0.508 e. The van der Waals surface area contributed by atoms with E-state index in [4.69, 9.17) is 38.1 Å². The number of hydrogen-bond acceptors (Lipinski definition) is 11. The SMILES string of the molecule is CCCCCCCCON1C(C)(C)CC2(CC1(C)C)OCC(CC)(COC(=O)OCC1(CC)COC3(CC(C)(C)N(OCCCCCCCC)C(C)(C)C3)OC1)CO2. The summed E-state index contributed by atoms with van der Waals surface area (Å²) in [6.07, 6.45) is 18.4. The Labute approximate surface area is 354 Å². The lowest BCUT2D eigenvalue weighted by molar-refractivity contribution is -0.384. The molecule has 0 aliphatic carbocycles. The van der Waals surface area contributed by atoms with Gasteiger partial charge in [0.1, 0.15) is 13.2 Å². The second kappa shape index (κ2) is 20.9. The molecule has 4 heterocycles. The predicted octanol–water partition coefficient (Wildman–Crippen LogP) is 11.3. The van der Waals surface area contributed by atoms with Gasteiger partial charge in [0, 0.05) is 47.8 Å². The number of rotatable bonds is 22. The molecule has 0 amide bonds. The number of hydroxylamine groups is 4. The van der Waals surface area contributed by atoms with Crippen molar-refractivity contribution < 1.29 is 42.9 Å². The summed E-state index contributed by atoms with van der Waals surface area (Å²) in [5, 5.41) is 4.38. The molecule has 2 spiro atoms. The summed E-state index contributed by atoms with van der Waals surface area (Å²) in [4.78, 5) is 26.1. The Hall–Kier alpha value is -1.05. The monoisotopic (exact) mass is 825 g/mol. The largest absolute Gasteiger partial charge is 0.508 e. The number of carbonyl (C=O) groups is 1. The van der Waals surface area contributed by atoms with Crippen LogP contribution in [0.2, 0.25) is 0 Å². The standard InChI is InChI=1S/C47H88N2O9/c1-13-17-19-21-23-25-27-57-48-40(5,6)29-46(30-41(48,7)8)53-35-44(15-3,36-54-46)33-51-39(50)52-34-45(16-4)37-55-47(56-38-45)31-42(9,10)49(43(11,12)32-47)58-28-26-24-22-20-18-14-2/h13-38H2,1-12H3. The summed E-state index contributed by atoms with van der Waals surface area (Å²) in [7, 11) is 0. The van der Waals surface area contributed by atoms with Gasteiger partial charge in [0.05, 0.1) is 50.5 Å². The van der Waals surface area contributed by atoms with Crippen molar-refractivity contribution in [3.05, 3.63) is 0 Å². The van der Waals surface area contributed by atoms with Crippen LogP contribution in [0.4, 0.5) is 4.79 Å². The van der Waals surface area contributed by atoms with E-state index in [1.807, 2.05) is 0 Å². The van der Waals surface area contributed by atoms with Crippen LogP contribution in [0.1, 0.15) is 199 Å². The molecule has 11 heteroatoms. The van der Waals surface area contributed by atoms with E-state index in [0.717, 1.165) is 38.9 Å². The zero-order valence-electron chi connectivity index (χ0n) is 39.5. The van der Waals surface area contributed by atoms with Crippen molar-refractivity contribution in [2.75, 3.05) is 52.9 Å². The van der Waals surface area contributed by atoms with E-state index in [1.165, 1.54) is 64.2 Å². The minimum Gasteiger partial charge on any atom is -0.434 e. The van der Waals surface area contributed by atoms with Crippen molar-refractivity contribution in [2.24, 2.45) is 10.8 Å². The summed E-state index contributed by atoms with van der Waals surface area (Å²) in [6, 6.07) is 0. The molecule has 0 aromatic rings. The molecular formula is C47H88N2O9. The summed E-state index contributed by atoms with van der Waals surface area (Å²) in [6.45, 7) is 30.0. The van der Waals surface area contributed by atoms with Gasteiger partial charge in [0.15, 0.2) is 11.6 Å². The molecule has 0 aromatic heterocycles. The third-order valence-electron chi connectivity index (χ3n) is 13.5. The zero-order valence-corrected chi connectivity index (χ0v) is 39.5. The van der Waals surface area contributed by atoms with Gasteiger partial charge in [0.2, 0.25) is 0 Å². The van der Waals surface area contributed by atoms with Gasteiger partial charge in [0.25, 0.3) is 0 Å². The maximum atomic E-state index is 13.1. The number of ether oxygens (including phenoxy) is 6. The van der Waals surface area contributed by atoms with Gasteiger partial charge in [-0.1, -0.05) is 91.9 Å². The van der Waals surface area contributed by atoms with Crippen LogP contribution in [-0.2, 0) is 38.1 Å². The molecule has 4 fully saturated rings. The molecule has 0 aromatic carbocycles. The molecule has 4 saturated heterocycles. The van der Waals surface area contributed by atoms with Crippen LogP contribution in [0.5, 0.6) is 0 Å². The number of hydrogen-bond donors (Lipinski definition) is 0. The third kappa shape index (κ3) is 13.0. The Morgan fingerprint density at radius 1 is 0.466 bits per heavy atom. The van der Waals surface area contributed by atoms with Crippen molar-refractivity contribution in [3.8, 4) is 0 Å². The highest BCUT2D eigenvalue weighted by Crippen LogP contribution is 2.51. The van der Waals surface area contributed by atoms with Gasteiger partial charge in [-0.05, 0) is 81.1 Å². The molecule has 0 bridgehead atoms. The van der Waals surface area contributed by atoms with E-state index in [-0.39, 0.29) is 35.4 Å². The summed E-state index contributed by atoms with van der Waals surface area (Å²) >= 11 is 0. The van der Waals surface area contributed by atoms with Crippen molar-refractivity contribution in [1.29, 1.82) is 0 Å². The molecule has 11 nitrogen and oxygen atoms in total. The highest BCUT2D eigenvalue weighted by Gasteiger charge is 2.59. The third-order valence-corrected chi connectivity index (χ3v) is 13.5. The molecule has 0 saturated carbocycles. The molecular weight excluding hydrogens is 737 g/mol. The second-order valence-electron chi connectivity index (χ2n) is 21.3. The van der Waals surface area contributed by atoms with Crippen LogP contribution in [0.3, 0.4) is 0 Å². The molecule has 0 N–H and O–H groups in total.